The van der Waals surface area contributed by atoms with Crippen LogP contribution in [0.25, 0.3) is 22.4 Å². The minimum Gasteiger partial charge on any atom is -0.493 e. The summed E-state index contributed by atoms with van der Waals surface area (Å²) in [5.74, 6) is -0.511. The normalized spacial score (nSPS) is 14.4. The predicted octanol–water partition coefficient (Wildman–Crippen LogP) is 5.01. The second kappa shape index (κ2) is 11.3. The maximum atomic E-state index is 14.5. The van der Waals surface area contributed by atoms with Crippen molar-refractivity contribution in [3.63, 3.8) is 0 Å². The average Bonchev–Trinajstić information content (AvgIpc) is 3.40. The van der Waals surface area contributed by atoms with Gasteiger partial charge in [-0.3, -0.25) is 14.5 Å². The Hall–Kier alpha value is -4.31. The van der Waals surface area contributed by atoms with Gasteiger partial charge in [0.1, 0.15) is 23.0 Å². The molecular weight excluding hydrogens is 530 g/mol. The van der Waals surface area contributed by atoms with E-state index in [0.717, 1.165) is 30.2 Å². The van der Waals surface area contributed by atoms with Crippen molar-refractivity contribution in [2.75, 3.05) is 33.9 Å². The monoisotopic (exact) mass is 562 g/mol. The summed E-state index contributed by atoms with van der Waals surface area (Å²) < 4.78 is 38.9. The first kappa shape index (κ1) is 28.2. The summed E-state index contributed by atoms with van der Waals surface area (Å²) >= 11 is 0. The van der Waals surface area contributed by atoms with E-state index in [0.29, 0.717) is 53.2 Å². The molecule has 0 fully saturated rings. The molecule has 2 heterocycles. The molecule has 2 amide bonds. The van der Waals surface area contributed by atoms with Crippen molar-refractivity contribution in [2.45, 2.75) is 32.1 Å². The van der Waals surface area contributed by atoms with Crippen LogP contribution in [0.4, 0.5) is 8.78 Å². The maximum Gasteiger partial charge on any atom is 0.263 e. The third-order valence-electron chi connectivity index (χ3n) is 7.52. The van der Waals surface area contributed by atoms with Crippen LogP contribution in [-0.2, 0) is 16.6 Å². The van der Waals surface area contributed by atoms with E-state index in [1.807, 2.05) is 18.2 Å². The topological polar surface area (TPSA) is 96.5 Å². The van der Waals surface area contributed by atoms with E-state index in [1.165, 1.54) is 4.90 Å². The number of hydrogen-bond donors (Lipinski definition) is 2. The van der Waals surface area contributed by atoms with Gasteiger partial charge in [-0.2, -0.15) is 0 Å². The van der Waals surface area contributed by atoms with Gasteiger partial charge in [0.05, 0.1) is 36.3 Å². The SMILES string of the molecule is COc1ccc(CCNCCCN2C(=O)c3c(ccc4[nH]c(-c5cc(F)ccc5F)nc34)C(C)(C)C2=O)cc1OC. The average molecular weight is 563 g/mol. The van der Waals surface area contributed by atoms with Crippen molar-refractivity contribution < 1.29 is 27.8 Å². The summed E-state index contributed by atoms with van der Waals surface area (Å²) in [5.41, 5.74) is 1.76. The predicted molar refractivity (Wildman–Crippen MR) is 151 cm³/mol. The molecule has 0 spiro atoms. The highest BCUT2D eigenvalue weighted by molar-refractivity contribution is 6.18. The maximum absolute atomic E-state index is 14.5. The van der Waals surface area contributed by atoms with E-state index in [1.54, 1.807) is 40.2 Å². The van der Waals surface area contributed by atoms with Crippen LogP contribution in [0, 0.1) is 11.6 Å². The second-order valence-corrected chi connectivity index (χ2v) is 10.5. The number of imide groups is 1. The first-order valence-electron chi connectivity index (χ1n) is 13.4. The molecule has 8 nitrogen and oxygen atoms in total. The Morgan fingerprint density at radius 2 is 1.76 bits per heavy atom. The van der Waals surface area contributed by atoms with Gasteiger partial charge in [0.25, 0.3) is 5.91 Å². The van der Waals surface area contributed by atoms with Gasteiger partial charge in [0.2, 0.25) is 5.91 Å². The quantitative estimate of drug-likeness (QED) is 0.209. The first-order chi connectivity index (χ1) is 19.6. The number of aromatic amines is 1. The van der Waals surface area contributed by atoms with Crippen LogP contribution in [0.15, 0.2) is 48.5 Å². The number of benzene rings is 3. The number of imidazole rings is 1. The number of nitrogens with one attached hydrogen (secondary N) is 2. The standard InChI is InChI=1S/C31H32F2N4O4/c1-31(2)21-8-10-23-27(36-28(35-23)20-17-19(32)7-9-22(20)33)26(21)29(38)37(30(31)39)15-5-13-34-14-12-18-6-11-24(40-3)25(16-18)41-4/h6-11,16-17,34H,5,12-15H2,1-4H3,(H,35,36). The Morgan fingerprint density at radius 1 is 0.976 bits per heavy atom. The molecule has 1 aliphatic rings. The smallest absolute Gasteiger partial charge is 0.263 e. The Labute approximate surface area is 236 Å². The number of carbonyl (C=O) groups is 2. The minimum atomic E-state index is -0.971. The van der Waals surface area contributed by atoms with E-state index in [2.05, 4.69) is 15.3 Å². The number of rotatable bonds is 10. The third-order valence-corrected chi connectivity index (χ3v) is 7.52. The Balaban J connectivity index is 1.29. The molecule has 4 aromatic rings. The number of amides is 2. The molecule has 3 aromatic carbocycles. The van der Waals surface area contributed by atoms with Crippen LogP contribution < -0.4 is 14.8 Å². The zero-order valence-corrected chi connectivity index (χ0v) is 23.4. The number of methoxy groups -OCH3 is 2. The molecule has 0 saturated heterocycles. The molecule has 1 aliphatic heterocycles. The lowest BCUT2D eigenvalue weighted by atomic mass is 9.76. The fraction of sp³-hybridized carbons (Fsp3) is 0.323. The number of hydrogen-bond acceptors (Lipinski definition) is 6. The molecule has 1 aromatic heterocycles. The summed E-state index contributed by atoms with van der Waals surface area (Å²) in [7, 11) is 3.20. The van der Waals surface area contributed by atoms with Gasteiger partial charge in [-0.1, -0.05) is 12.1 Å². The van der Waals surface area contributed by atoms with Crippen LogP contribution in [-0.4, -0.2) is 60.5 Å². The molecular formula is C31H32F2N4O4. The molecule has 0 radical (unpaired) electrons. The highest BCUT2D eigenvalue weighted by Gasteiger charge is 2.45. The van der Waals surface area contributed by atoms with Gasteiger partial charge in [0.15, 0.2) is 11.5 Å². The van der Waals surface area contributed by atoms with E-state index in [4.69, 9.17) is 9.47 Å². The third kappa shape index (κ3) is 5.27. The Kier molecular flexibility index (Phi) is 7.77. The van der Waals surface area contributed by atoms with Crippen LogP contribution in [0.2, 0.25) is 0 Å². The van der Waals surface area contributed by atoms with Crippen molar-refractivity contribution in [1.82, 2.24) is 20.2 Å². The van der Waals surface area contributed by atoms with Gasteiger partial charge in [0, 0.05) is 6.54 Å². The molecule has 5 rings (SSSR count). The number of carbonyl (C=O) groups excluding carboxylic acids is 2. The van der Waals surface area contributed by atoms with Crippen LogP contribution >= 0.6 is 0 Å². The van der Waals surface area contributed by atoms with Gasteiger partial charge in [-0.15, -0.1) is 0 Å². The van der Waals surface area contributed by atoms with Crippen molar-refractivity contribution in [2.24, 2.45) is 0 Å². The number of halogens is 2. The first-order valence-corrected chi connectivity index (χ1v) is 13.4. The number of fused-ring (bicyclic) bond motifs is 3. The fourth-order valence-corrected chi connectivity index (χ4v) is 5.26. The van der Waals surface area contributed by atoms with Crippen molar-refractivity contribution >= 4 is 22.8 Å². The van der Waals surface area contributed by atoms with Gasteiger partial charge >= 0.3 is 0 Å². The zero-order chi connectivity index (χ0) is 29.3. The molecule has 0 aliphatic carbocycles. The number of nitrogens with zero attached hydrogens (tertiary/aromatic N) is 2. The van der Waals surface area contributed by atoms with E-state index in [9.17, 15) is 18.4 Å². The summed E-state index contributed by atoms with van der Waals surface area (Å²) in [5, 5.41) is 3.37. The van der Waals surface area contributed by atoms with Gasteiger partial charge in [-0.05, 0) is 87.3 Å². The molecule has 0 unspecified atom stereocenters. The number of aromatic nitrogens is 2. The molecule has 10 heteroatoms. The van der Waals surface area contributed by atoms with E-state index in [-0.39, 0.29) is 23.8 Å². The largest absolute Gasteiger partial charge is 0.493 e. The lowest BCUT2D eigenvalue weighted by Crippen LogP contribution is -2.52. The van der Waals surface area contributed by atoms with E-state index >= 15 is 0 Å². The van der Waals surface area contributed by atoms with Crippen LogP contribution in [0.1, 0.15) is 41.8 Å². The molecule has 2 N–H and O–H groups in total. The van der Waals surface area contributed by atoms with Crippen LogP contribution in [0.3, 0.4) is 0 Å². The van der Waals surface area contributed by atoms with Crippen molar-refractivity contribution in [1.29, 1.82) is 0 Å². The lowest BCUT2D eigenvalue weighted by molar-refractivity contribution is -0.134. The molecule has 0 saturated carbocycles. The Morgan fingerprint density at radius 3 is 2.51 bits per heavy atom. The summed E-state index contributed by atoms with van der Waals surface area (Å²) in [6.45, 7) is 5.10. The molecule has 214 valence electrons. The Bertz CT molecular complexity index is 1630. The highest BCUT2D eigenvalue weighted by Crippen LogP contribution is 2.38. The van der Waals surface area contributed by atoms with Crippen LogP contribution in [0.5, 0.6) is 11.5 Å². The number of H-pyrrole nitrogens is 1. The summed E-state index contributed by atoms with van der Waals surface area (Å²) in [4.78, 5) is 35.9. The molecule has 41 heavy (non-hydrogen) atoms. The lowest BCUT2D eigenvalue weighted by Gasteiger charge is -2.37. The summed E-state index contributed by atoms with van der Waals surface area (Å²) in [6.07, 6.45) is 1.33. The van der Waals surface area contributed by atoms with Gasteiger partial charge in [-0.25, -0.2) is 13.8 Å². The zero-order valence-electron chi connectivity index (χ0n) is 23.4. The molecule has 0 bridgehead atoms. The van der Waals surface area contributed by atoms with Crippen molar-refractivity contribution in [3.05, 3.63) is 76.9 Å². The molecule has 0 atom stereocenters. The van der Waals surface area contributed by atoms with Crippen molar-refractivity contribution in [3.8, 4) is 22.9 Å². The van der Waals surface area contributed by atoms with Gasteiger partial charge < -0.3 is 19.8 Å². The minimum absolute atomic E-state index is 0.0374. The van der Waals surface area contributed by atoms with E-state index < -0.39 is 23.0 Å². The fourth-order valence-electron chi connectivity index (χ4n) is 5.26. The second-order valence-electron chi connectivity index (χ2n) is 10.5. The highest BCUT2D eigenvalue weighted by atomic mass is 19.1. The summed E-state index contributed by atoms with van der Waals surface area (Å²) in [6, 6.07) is 12.3. The number of ether oxygens (including phenoxy) is 2.